The molecule has 0 radical (unpaired) electrons. The van der Waals surface area contributed by atoms with Crippen LogP contribution in [0.2, 0.25) is 0 Å². The minimum Gasteiger partial charge on any atom is -0.493 e. The van der Waals surface area contributed by atoms with Gasteiger partial charge in [-0.25, -0.2) is 0 Å². The molecule has 0 spiro atoms. The minimum absolute atomic E-state index is 0.234. The molecule has 3 heterocycles. The van der Waals surface area contributed by atoms with Gasteiger partial charge < -0.3 is 28.1 Å². The summed E-state index contributed by atoms with van der Waals surface area (Å²) < 4.78 is 32.8. The third kappa shape index (κ3) is 3.53. The maximum atomic E-state index is 5.75. The van der Waals surface area contributed by atoms with Gasteiger partial charge in [0.2, 0.25) is 19.5 Å². The number of hydrogen-bond donors (Lipinski definition) is 0. The van der Waals surface area contributed by atoms with Crippen LogP contribution in [0.3, 0.4) is 0 Å². The summed E-state index contributed by atoms with van der Waals surface area (Å²) in [5.74, 6) is 4.89. The number of hydrogen-bond acceptors (Lipinski definition) is 9. The van der Waals surface area contributed by atoms with Crippen LogP contribution < -0.4 is 23.7 Å². The average molecular weight is 400 g/mol. The van der Waals surface area contributed by atoms with Crippen LogP contribution in [0.1, 0.15) is 6.42 Å². The van der Waals surface area contributed by atoms with Crippen molar-refractivity contribution in [3.63, 3.8) is 0 Å². The van der Waals surface area contributed by atoms with Crippen molar-refractivity contribution >= 4 is 11.8 Å². The zero-order valence-corrected chi connectivity index (χ0v) is 15.6. The third-order valence-electron chi connectivity index (χ3n) is 4.15. The molecular formula is C19H16N2O6S. The lowest BCUT2D eigenvalue weighted by Crippen LogP contribution is -1.98. The quantitative estimate of drug-likeness (QED) is 0.435. The van der Waals surface area contributed by atoms with Gasteiger partial charge in [-0.1, -0.05) is 11.8 Å². The Hall–Kier alpha value is -3.07. The summed E-state index contributed by atoms with van der Waals surface area (Å²) in [5.41, 5.74) is 0.801. The third-order valence-corrected chi connectivity index (χ3v) is 5.06. The second-order valence-electron chi connectivity index (χ2n) is 6.01. The molecule has 0 fully saturated rings. The Balaban J connectivity index is 1.10. The fourth-order valence-corrected chi connectivity index (χ4v) is 3.46. The summed E-state index contributed by atoms with van der Waals surface area (Å²) in [5, 5.41) is 8.71. The molecular weight excluding hydrogens is 384 g/mol. The Morgan fingerprint density at radius 2 is 1.61 bits per heavy atom. The van der Waals surface area contributed by atoms with E-state index in [-0.39, 0.29) is 13.6 Å². The Labute approximate surface area is 164 Å². The van der Waals surface area contributed by atoms with Crippen molar-refractivity contribution in [2.24, 2.45) is 0 Å². The van der Waals surface area contributed by atoms with Gasteiger partial charge in [-0.2, -0.15) is 0 Å². The molecule has 1 aromatic heterocycles. The maximum Gasteiger partial charge on any atom is 0.276 e. The monoisotopic (exact) mass is 400 g/mol. The van der Waals surface area contributed by atoms with Crippen LogP contribution in [-0.2, 0) is 0 Å². The van der Waals surface area contributed by atoms with Crippen molar-refractivity contribution in [2.45, 2.75) is 11.6 Å². The molecule has 0 bridgehead atoms. The maximum absolute atomic E-state index is 5.75. The molecule has 0 atom stereocenters. The molecule has 9 heteroatoms. The number of rotatable bonds is 7. The smallest absolute Gasteiger partial charge is 0.276 e. The highest BCUT2D eigenvalue weighted by Gasteiger charge is 2.17. The first-order chi connectivity index (χ1) is 13.8. The number of ether oxygens (including phenoxy) is 5. The summed E-state index contributed by atoms with van der Waals surface area (Å²) in [4.78, 5) is 0. The molecule has 28 heavy (non-hydrogen) atoms. The van der Waals surface area contributed by atoms with Gasteiger partial charge >= 0.3 is 0 Å². The summed E-state index contributed by atoms with van der Waals surface area (Å²) >= 11 is 1.50. The van der Waals surface area contributed by atoms with Crippen LogP contribution in [0.5, 0.6) is 28.7 Å². The van der Waals surface area contributed by atoms with Crippen LogP contribution in [0.4, 0.5) is 0 Å². The standard InChI is InChI=1S/C19H16N2O6S/c1(6-22-13-3-5-15-17(9-13)26-11-24-15)7-28-19-21-20-18(27-19)12-2-4-14-16(8-12)25-10-23-14/h2-5,8-9H,1,6-7,10-11H2. The largest absolute Gasteiger partial charge is 0.493 e. The molecule has 0 aliphatic carbocycles. The highest BCUT2D eigenvalue weighted by Crippen LogP contribution is 2.36. The molecule has 144 valence electrons. The van der Waals surface area contributed by atoms with E-state index in [0.717, 1.165) is 35.0 Å². The zero-order valence-electron chi connectivity index (χ0n) is 14.8. The van der Waals surface area contributed by atoms with Gasteiger partial charge in [0.25, 0.3) is 5.22 Å². The molecule has 2 aromatic carbocycles. The van der Waals surface area contributed by atoms with Crippen LogP contribution >= 0.6 is 11.8 Å². The lowest BCUT2D eigenvalue weighted by Gasteiger charge is -2.06. The minimum atomic E-state index is 0.234. The number of fused-ring (bicyclic) bond motifs is 2. The van der Waals surface area contributed by atoms with Crippen molar-refractivity contribution in [2.75, 3.05) is 25.9 Å². The molecule has 3 aromatic rings. The normalized spacial score (nSPS) is 13.7. The molecule has 0 N–H and O–H groups in total. The first-order valence-corrected chi connectivity index (χ1v) is 9.72. The molecule has 0 saturated heterocycles. The Kier molecular flexibility index (Phi) is 4.58. The fraction of sp³-hybridized carbons (Fsp3) is 0.263. The number of benzene rings is 2. The van der Waals surface area contributed by atoms with Crippen molar-refractivity contribution in [3.8, 4) is 40.2 Å². The first-order valence-electron chi connectivity index (χ1n) is 8.74. The molecule has 2 aliphatic rings. The Bertz CT molecular complexity index is 992. The van der Waals surface area contributed by atoms with E-state index < -0.39 is 0 Å². The van der Waals surface area contributed by atoms with Gasteiger partial charge in [0.15, 0.2) is 23.0 Å². The average Bonchev–Trinajstić information content (AvgIpc) is 3.46. The van der Waals surface area contributed by atoms with Crippen molar-refractivity contribution < 1.29 is 28.1 Å². The predicted molar refractivity (Wildman–Crippen MR) is 99.3 cm³/mol. The van der Waals surface area contributed by atoms with E-state index in [0.29, 0.717) is 29.2 Å². The van der Waals surface area contributed by atoms with Crippen molar-refractivity contribution in [3.05, 3.63) is 36.4 Å². The summed E-state index contributed by atoms with van der Waals surface area (Å²) in [6.07, 6.45) is 0.834. The molecule has 2 aliphatic heterocycles. The van der Waals surface area contributed by atoms with Crippen LogP contribution in [-0.4, -0.2) is 36.1 Å². The van der Waals surface area contributed by atoms with Gasteiger partial charge in [0, 0.05) is 17.4 Å². The van der Waals surface area contributed by atoms with Gasteiger partial charge in [-0.3, -0.25) is 0 Å². The van der Waals surface area contributed by atoms with Crippen molar-refractivity contribution in [1.82, 2.24) is 10.2 Å². The van der Waals surface area contributed by atoms with Gasteiger partial charge in [0.05, 0.1) is 6.61 Å². The highest BCUT2D eigenvalue weighted by molar-refractivity contribution is 7.99. The molecule has 0 saturated carbocycles. The number of nitrogens with zero attached hydrogens (tertiary/aromatic N) is 2. The van der Waals surface area contributed by atoms with Gasteiger partial charge in [-0.15, -0.1) is 10.2 Å². The summed E-state index contributed by atoms with van der Waals surface area (Å²) in [7, 11) is 0. The predicted octanol–water partition coefficient (Wildman–Crippen LogP) is 3.76. The van der Waals surface area contributed by atoms with Gasteiger partial charge in [-0.05, 0) is 36.8 Å². The zero-order chi connectivity index (χ0) is 18.8. The fourth-order valence-electron chi connectivity index (χ4n) is 2.79. The van der Waals surface area contributed by atoms with Crippen LogP contribution in [0, 0.1) is 0 Å². The lowest BCUT2D eigenvalue weighted by molar-refractivity contribution is 0.173. The Morgan fingerprint density at radius 3 is 2.46 bits per heavy atom. The van der Waals surface area contributed by atoms with Crippen LogP contribution in [0.15, 0.2) is 46.0 Å². The van der Waals surface area contributed by atoms with E-state index >= 15 is 0 Å². The first kappa shape index (κ1) is 17.1. The summed E-state index contributed by atoms with van der Waals surface area (Å²) in [6.45, 7) is 1.07. The van der Waals surface area contributed by atoms with E-state index in [2.05, 4.69) is 10.2 Å². The topological polar surface area (TPSA) is 85.1 Å². The van der Waals surface area contributed by atoms with E-state index in [1.807, 2.05) is 36.4 Å². The van der Waals surface area contributed by atoms with E-state index in [1.54, 1.807) is 0 Å². The van der Waals surface area contributed by atoms with Gasteiger partial charge in [0.1, 0.15) is 5.75 Å². The number of thioether (sulfide) groups is 1. The molecule has 5 rings (SSSR count). The lowest BCUT2D eigenvalue weighted by atomic mass is 10.2. The SMILES string of the molecule is c1cc2c(cc1OCCCSc1nnc(-c3ccc4c(c3)OCO4)o1)OCO2. The van der Waals surface area contributed by atoms with E-state index in [4.69, 9.17) is 28.1 Å². The van der Waals surface area contributed by atoms with Crippen molar-refractivity contribution in [1.29, 1.82) is 0 Å². The summed E-state index contributed by atoms with van der Waals surface area (Å²) in [6, 6.07) is 11.1. The van der Waals surface area contributed by atoms with Crippen LogP contribution in [0.25, 0.3) is 11.5 Å². The Morgan fingerprint density at radius 1 is 0.857 bits per heavy atom. The molecule has 0 amide bonds. The second kappa shape index (κ2) is 7.51. The van der Waals surface area contributed by atoms with E-state index in [1.165, 1.54) is 11.8 Å². The molecule has 8 nitrogen and oxygen atoms in total. The number of aromatic nitrogens is 2. The van der Waals surface area contributed by atoms with E-state index in [9.17, 15) is 0 Å². The highest BCUT2D eigenvalue weighted by atomic mass is 32.2. The molecule has 0 unspecified atom stereocenters. The second-order valence-corrected chi connectivity index (χ2v) is 7.05.